The Hall–Kier alpha value is -1.87. The number of hydrogen-bond donors (Lipinski definition) is 1. The molecule has 0 radical (unpaired) electrons. The normalized spacial score (nSPS) is 10.5. The van der Waals surface area contributed by atoms with Gasteiger partial charge in [-0.25, -0.2) is 4.39 Å². The quantitative estimate of drug-likeness (QED) is 0.894. The van der Waals surface area contributed by atoms with Gasteiger partial charge in [-0.1, -0.05) is 29.8 Å². The number of hydrogen-bond acceptors (Lipinski definition) is 2. The van der Waals surface area contributed by atoms with Crippen LogP contribution in [0.4, 0.5) is 4.39 Å². The summed E-state index contributed by atoms with van der Waals surface area (Å²) >= 11 is 0. The van der Waals surface area contributed by atoms with Crippen molar-refractivity contribution in [1.82, 2.24) is 0 Å². The van der Waals surface area contributed by atoms with Crippen molar-refractivity contribution < 1.29 is 9.13 Å². The molecular formula is C16H18FNO. The van der Waals surface area contributed by atoms with Crippen LogP contribution < -0.4 is 10.5 Å². The number of nitrogens with two attached hydrogens (primary N) is 1. The minimum absolute atomic E-state index is 0.258. The Morgan fingerprint density at radius 1 is 1.11 bits per heavy atom. The number of halogens is 1. The Morgan fingerprint density at radius 2 is 1.84 bits per heavy atom. The molecule has 2 rings (SSSR count). The molecule has 2 N–H and O–H groups in total. The molecule has 19 heavy (non-hydrogen) atoms. The zero-order chi connectivity index (χ0) is 13.7. The molecule has 0 atom stereocenters. The van der Waals surface area contributed by atoms with E-state index in [2.05, 4.69) is 0 Å². The third-order valence-corrected chi connectivity index (χ3v) is 2.95. The standard InChI is InChI=1S/C16H18FNO/c1-12-2-4-13(5-3-12)11-19-16-7-6-15(17)10-14(16)8-9-18/h2-7,10H,8-9,11,18H2,1H3. The summed E-state index contributed by atoms with van der Waals surface area (Å²) in [4.78, 5) is 0. The highest BCUT2D eigenvalue weighted by Gasteiger charge is 2.05. The summed E-state index contributed by atoms with van der Waals surface area (Å²) in [6.07, 6.45) is 0.612. The van der Waals surface area contributed by atoms with Crippen molar-refractivity contribution in [3.05, 3.63) is 65.0 Å². The maximum Gasteiger partial charge on any atom is 0.123 e. The Kier molecular flexibility index (Phi) is 4.53. The predicted octanol–water partition coefficient (Wildman–Crippen LogP) is 3.21. The minimum Gasteiger partial charge on any atom is -0.489 e. The van der Waals surface area contributed by atoms with Gasteiger partial charge in [0.2, 0.25) is 0 Å². The Morgan fingerprint density at radius 3 is 2.53 bits per heavy atom. The first-order valence-electron chi connectivity index (χ1n) is 6.36. The highest BCUT2D eigenvalue weighted by molar-refractivity contribution is 5.34. The molecular weight excluding hydrogens is 241 g/mol. The lowest BCUT2D eigenvalue weighted by Gasteiger charge is -2.11. The molecule has 0 bridgehead atoms. The van der Waals surface area contributed by atoms with Gasteiger partial charge in [-0.15, -0.1) is 0 Å². The maximum atomic E-state index is 13.2. The van der Waals surface area contributed by atoms with E-state index in [4.69, 9.17) is 10.5 Å². The minimum atomic E-state index is -0.258. The molecule has 0 spiro atoms. The van der Waals surface area contributed by atoms with Crippen LogP contribution in [0.5, 0.6) is 5.75 Å². The van der Waals surface area contributed by atoms with Crippen molar-refractivity contribution >= 4 is 0 Å². The lowest BCUT2D eigenvalue weighted by molar-refractivity contribution is 0.302. The highest BCUT2D eigenvalue weighted by atomic mass is 19.1. The summed E-state index contributed by atoms with van der Waals surface area (Å²) in [6, 6.07) is 12.7. The van der Waals surface area contributed by atoms with Crippen LogP contribution in [0.1, 0.15) is 16.7 Å². The largest absolute Gasteiger partial charge is 0.489 e. The molecule has 0 unspecified atom stereocenters. The molecule has 0 saturated heterocycles. The monoisotopic (exact) mass is 259 g/mol. The SMILES string of the molecule is Cc1ccc(COc2ccc(F)cc2CCN)cc1. The number of aryl methyl sites for hydroxylation is 1. The second-order valence-electron chi connectivity index (χ2n) is 4.56. The summed E-state index contributed by atoms with van der Waals surface area (Å²) in [5.74, 6) is 0.443. The summed E-state index contributed by atoms with van der Waals surface area (Å²) in [6.45, 7) is 3.00. The summed E-state index contributed by atoms with van der Waals surface area (Å²) < 4.78 is 18.9. The van der Waals surface area contributed by atoms with Crippen LogP contribution in [0.3, 0.4) is 0 Å². The zero-order valence-corrected chi connectivity index (χ0v) is 11.0. The molecule has 3 heteroatoms. The van der Waals surface area contributed by atoms with Gasteiger partial charge in [0.1, 0.15) is 18.2 Å². The predicted molar refractivity (Wildman–Crippen MR) is 74.7 cm³/mol. The van der Waals surface area contributed by atoms with Crippen LogP contribution in [-0.2, 0) is 13.0 Å². The van der Waals surface area contributed by atoms with Crippen molar-refractivity contribution in [2.24, 2.45) is 5.73 Å². The van der Waals surface area contributed by atoms with Gasteiger partial charge in [-0.3, -0.25) is 0 Å². The van der Waals surface area contributed by atoms with Crippen LogP contribution in [0.2, 0.25) is 0 Å². The summed E-state index contributed by atoms with van der Waals surface area (Å²) in [5, 5.41) is 0. The molecule has 0 aliphatic heterocycles. The topological polar surface area (TPSA) is 35.2 Å². The average Bonchev–Trinajstić information content (AvgIpc) is 2.40. The molecule has 0 saturated carbocycles. The van der Waals surface area contributed by atoms with Gasteiger partial charge in [-0.05, 0) is 49.2 Å². The molecule has 0 aromatic heterocycles. The van der Waals surface area contributed by atoms with Gasteiger partial charge in [-0.2, -0.15) is 0 Å². The Bertz CT molecular complexity index is 537. The molecule has 0 fully saturated rings. The van der Waals surface area contributed by atoms with Crippen molar-refractivity contribution in [3.63, 3.8) is 0 Å². The second kappa shape index (κ2) is 6.34. The van der Waals surface area contributed by atoms with Crippen LogP contribution in [-0.4, -0.2) is 6.54 Å². The van der Waals surface area contributed by atoms with E-state index in [9.17, 15) is 4.39 Å². The lowest BCUT2D eigenvalue weighted by Crippen LogP contribution is -2.06. The third kappa shape index (κ3) is 3.80. The fourth-order valence-corrected chi connectivity index (χ4v) is 1.89. The van der Waals surface area contributed by atoms with Gasteiger partial charge < -0.3 is 10.5 Å². The van der Waals surface area contributed by atoms with E-state index >= 15 is 0 Å². The van der Waals surface area contributed by atoms with Crippen molar-refractivity contribution in [2.45, 2.75) is 20.0 Å². The fraction of sp³-hybridized carbons (Fsp3) is 0.250. The van der Waals surface area contributed by atoms with Crippen LogP contribution in [0.15, 0.2) is 42.5 Å². The highest BCUT2D eigenvalue weighted by Crippen LogP contribution is 2.21. The molecule has 0 aliphatic rings. The number of rotatable bonds is 5. The third-order valence-electron chi connectivity index (χ3n) is 2.95. The first kappa shape index (κ1) is 13.6. The molecule has 0 amide bonds. The van der Waals surface area contributed by atoms with Crippen LogP contribution >= 0.6 is 0 Å². The van der Waals surface area contributed by atoms with E-state index in [1.165, 1.54) is 17.7 Å². The molecule has 0 aliphatic carbocycles. The van der Waals surface area contributed by atoms with E-state index in [0.29, 0.717) is 25.3 Å². The van der Waals surface area contributed by atoms with E-state index in [-0.39, 0.29) is 5.82 Å². The van der Waals surface area contributed by atoms with Crippen molar-refractivity contribution in [2.75, 3.05) is 6.54 Å². The first-order valence-corrected chi connectivity index (χ1v) is 6.36. The van der Waals surface area contributed by atoms with E-state index < -0.39 is 0 Å². The summed E-state index contributed by atoms with van der Waals surface area (Å²) in [5.41, 5.74) is 8.65. The average molecular weight is 259 g/mol. The first-order chi connectivity index (χ1) is 9.19. The molecule has 2 aromatic rings. The van der Waals surface area contributed by atoms with Gasteiger partial charge >= 0.3 is 0 Å². The van der Waals surface area contributed by atoms with E-state index in [1.54, 1.807) is 6.07 Å². The van der Waals surface area contributed by atoms with Crippen LogP contribution in [0.25, 0.3) is 0 Å². The number of ether oxygens (including phenoxy) is 1. The Labute approximate surface area is 113 Å². The number of benzene rings is 2. The van der Waals surface area contributed by atoms with Crippen molar-refractivity contribution in [3.8, 4) is 5.75 Å². The Balaban J connectivity index is 2.08. The van der Waals surface area contributed by atoms with Gasteiger partial charge in [0.25, 0.3) is 0 Å². The smallest absolute Gasteiger partial charge is 0.123 e. The molecule has 100 valence electrons. The van der Waals surface area contributed by atoms with Crippen molar-refractivity contribution in [1.29, 1.82) is 0 Å². The molecule has 2 aromatic carbocycles. The second-order valence-corrected chi connectivity index (χ2v) is 4.56. The molecule has 0 heterocycles. The molecule has 2 nitrogen and oxygen atoms in total. The lowest BCUT2D eigenvalue weighted by atomic mass is 10.1. The van der Waals surface area contributed by atoms with Gasteiger partial charge in [0.05, 0.1) is 0 Å². The maximum absolute atomic E-state index is 13.2. The van der Waals surface area contributed by atoms with Gasteiger partial charge in [0.15, 0.2) is 0 Å². The zero-order valence-electron chi connectivity index (χ0n) is 11.0. The van der Waals surface area contributed by atoms with Gasteiger partial charge in [0, 0.05) is 0 Å². The van der Waals surface area contributed by atoms with Crippen LogP contribution in [0, 0.1) is 12.7 Å². The van der Waals surface area contributed by atoms with E-state index in [1.807, 2.05) is 31.2 Å². The summed E-state index contributed by atoms with van der Waals surface area (Å²) in [7, 11) is 0. The van der Waals surface area contributed by atoms with E-state index in [0.717, 1.165) is 11.1 Å². The fourth-order valence-electron chi connectivity index (χ4n) is 1.89.